The lowest BCUT2D eigenvalue weighted by Crippen LogP contribution is -2.34. The molecule has 0 spiro atoms. The molecule has 1 aromatic rings. The van der Waals surface area contributed by atoms with Gasteiger partial charge in [-0.15, -0.1) is 0 Å². The number of nitrogens with zero attached hydrogens (tertiary/aromatic N) is 1. The van der Waals surface area contributed by atoms with Gasteiger partial charge in [0.25, 0.3) is 5.91 Å². The van der Waals surface area contributed by atoms with Crippen LogP contribution in [0.3, 0.4) is 0 Å². The number of carbonyl (C=O) groups excluding carboxylic acids is 2. The van der Waals surface area contributed by atoms with Gasteiger partial charge in [-0.2, -0.15) is 5.10 Å². The van der Waals surface area contributed by atoms with Gasteiger partial charge in [-0.3, -0.25) is 9.59 Å². The zero-order chi connectivity index (χ0) is 15.9. The SMILES string of the molecule is CC1C=NNC(=O)C1c1ccc(OCC(=O)NCCN)cc1. The van der Waals surface area contributed by atoms with Crippen molar-refractivity contribution in [3.63, 3.8) is 0 Å². The Bertz CT molecular complexity index is 556. The van der Waals surface area contributed by atoms with Crippen LogP contribution in [0.1, 0.15) is 18.4 Å². The van der Waals surface area contributed by atoms with Crippen molar-refractivity contribution in [3.05, 3.63) is 29.8 Å². The summed E-state index contributed by atoms with van der Waals surface area (Å²) in [5.74, 6) is 0.00185. The van der Waals surface area contributed by atoms with E-state index in [0.717, 1.165) is 5.56 Å². The number of benzene rings is 1. The summed E-state index contributed by atoms with van der Waals surface area (Å²) in [5, 5.41) is 6.42. The number of nitrogens with one attached hydrogen (secondary N) is 2. The zero-order valence-corrected chi connectivity index (χ0v) is 12.4. The van der Waals surface area contributed by atoms with E-state index in [1.165, 1.54) is 0 Å². The second-order valence-electron chi connectivity index (χ2n) is 5.09. The quantitative estimate of drug-likeness (QED) is 0.686. The van der Waals surface area contributed by atoms with E-state index in [4.69, 9.17) is 10.5 Å². The summed E-state index contributed by atoms with van der Waals surface area (Å²) in [4.78, 5) is 23.3. The lowest BCUT2D eigenvalue weighted by atomic mass is 9.86. The van der Waals surface area contributed by atoms with E-state index in [-0.39, 0.29) is 30.3 Å². The van der Waals surface area contributed by atoms with Crippen LogP contribution in [0.15, 0.2) is 29.4 Å². The Balaban J connectivity index is 1.94. The van der Waals surface area contributed by atoms with Crippen LogP contribution in [0, 0.1) is 5.92 Å². The summed E-state index contributed by atoms with van der Waals surface area (Å²) in [5.41, 5.74) is 8.65. The molecule has 1 aromatic carbocycles. The standard InChI is InChI=1S/C15H20N4O3/c1-10-8-18-19-15(21)14(10)11-2-4-12(5-3-11)22-9-13(20)17-7-6-16/h2-5,8,10,14H,6-7,9,16H2,1H3,(H,17,20)(H,19,21). The molecular weight excluding hydrogens is 284 g/mol. The first-order chi connectivity index (χ1) is 10.6. The first-order valence-corrected chi connectivity index (χ1v) is 7.14. The molecule has 1 aliphatic heterocycles. The molecule has 1 aliphatic rings. The molecule has 2 unspecified atom stereocenters. The van der Waals surface area contributed by atoms with E-state index in [1.54, 1.807) is 18.3 Å². The van der Waals surface area contributed by atoms with Crippen molar-refractivity contribution >= 4 is 18.0 Å². The second kappa shape index (κ2) is 7.56. The van der Waals surface area contributed by atoms with Gasteiger partial charge < -0.3 is 15.8 Å². The van der Waals surface area contributed by atoms with E-state index >= 15 is 0 Å². The van der Waals surface area contributed by atoms with Crippen molar-refractivity contribution in [3.8, 4) is 5.75 Å². The molecule has 22 heavy (non-hydrogen) atoms. The molecule has 0 bridgehead atoms. The number of ether oxygens (including phenoxy) is 1. The maximum atomic E-state index is 11.9. The maximum absolute atomic E-state index is 11.9. The molecule has 0 saturated carbocycles. The van der Waals surface area contributed by atoms with Crippen LogP contribution in [-0.2, 0) is 9.59 Å². The van der Waals surface area contributed by atoms with Crippen LogP contribution < -0.4 is 21.2 Å². The third kappa shape index (κ3) is 4.05. The summed E-state index contributed by atoms with van der Waals surface area (Å²) < 4.78 is 5.38. The fourth-order valence-corrected chi connectivity index (χ4v) is 2.25. The molecule has 0 aromatic heterocycles. The normalized spacial score (nSPS) is 20.4. The Morgan fingerprint density at radius 2 is 2.14 bits per heavy atom. The largest absolute Gasteiger partial charge is 0.484 e. The fraction of sp³-hybridized carbons (Fsp3) is 0.400. The van der Waals surface area contributed by atoms with E-state index in [1.807, 2.05) is 19.1 Å². The zero-order valence-electron chi connectivity index (χ0n) is 12.4. The molecular formula is C15H20N4O3. The highest BCUT2D eigenvalue weighted by molar-refractivity contribution is 5.90. The minimum atomic E-state index is -0.264. The molecule has 118 valence electrons. The highest BCUT2D eigenvalue weighted by Crippen LogP contribution is 2.27. The number of carbonyl (C=O) groups is 2. The average Bonchev–Trinajstić information content (AvgIpc) is 2.52. The van der Waals surface area contributed by atoms with Crippen molar-refractivity contribution in [1.29, 1.82) is 0 Å². The highest BCUT2D eigenvalue weighted by Gasteiger charge is 2.28. The summed E-state index contributed by atoms with van der Waals surface area (Å²) in [6.07, 6.45) is 1.72. The third-order valence-electron chi connectivity index (χ3n) is 3.37. The maximum Gasteiger partial charge on any atom is 0.257 e. The fourth-order valence-electron chi connectivity index (χ4n) is 2.25. The molecule has 7 heteroatoms. The van der Waals surface area contributed by atoms with Crippen molar-refractivity contribution in [1.82, 2.24) is 10.7 Å². The van der Waals surface area contributed by atoms with E-state index in [2.05, 4.69) is 15.8 Å². The van der Waals surface area contributed by atoms with Crippen LogP contribution >= 0.6 is 0 Å². The number of hydrogen-bond donors (Lipinski definition) is 3. The Labute approximate surface area is 128 Å². The molecule has 1 heterocycles. The molecule has 0 aliphatic carbocycles. The first kappa shape index (κ1) is 16.0. The lowest BCUT2D eigenvalue weighted by molar-refractivity contribution is -0.124. The van der Waals surface area contributed by atoms with Crippen molar-refractivity contribution in [2.45, 2.75) is 12.8 Å². The molecule has 2 amide bonds. The van der Waals surface area contributed by atoms with Gasteiger partial charge in [0.2, 0.25) is 5.91 Å². The summed E-state index contributed by atoms with van der Waals surface area (Å²) in [6, 6.07) is 7.15. The Kier molecular flexibility index (Phi) is 5.48. The first-order valence-electron chi connectivity index (χ1n) is 7.14. The number of amides is 2. The summed E-state index contributed by atoms with van der Waals surface area (Å²) in [6.45, 7) is 2.70. The van der Waals surface area contributed by atoms with Crippen molar-refractivity contribution in [2.75, 3.05) is 19.7 Å². The van der Waals surface area contributed by atoms with Gasteiger partial charge in [0.15, 0.2) is 6.61 Å². The lowest BCUT2D eigenvalue weighted by Gasteiger charge is -2.23. The van der Waals surface area contributed by atoms with Crippen LogP contribution in [0.5, 0.6) is 5.75 Å². The topological polar surface area (TPSA) is 106 Å². The monoisotopic (exact) mass is 304 g/mol. The Morgan fingerprint density at radius 3 is 2.77 bits per heavy atom. The molecule has 2 atom stereocenters. The molecule has 7 nitrogen and oxygen atoms in total. The minimum Gasteiger partial charge on any atom is -0.484 e. The number of hydrogen-bond acceptors (Lipinski definition) is 5. The minimum absolute atomic E-state index is 0.0301. The predicted molar refractivity (Wildman–Crippen MR) is 82.5 cm³/mol. The number of rotatable bonds is 6. The molecule has 2 rings (SSSR count). The predicted octanol–water partition coefficient (Wildman–Crippen LogP) is -0.0244. The molecule has 0 fully saturated rings. The van der Waals surface area contributed by atoms with Crippen LogP contribution in [0.2, 0.25) is 0 Å². The number of nitrogens with two attached hydrogens (primary N) is 1. The molecule has 0 radical (unpaired) electrons. The van der Waals surface area contributed by atoms with E-state index in [9.17, 15) is 9.59 Å². The van der Waals surface area contributed by atoms with Crippen molar-refractivity contribution < 1.29 is 14.3 Å². The Hall–Kier alpha value is -2.41. The van der Waals surface area contributed by atoms with Gasteiger partial charge in [0.05, 0.1) is 5.92 Å². The third-order valence-corrected chi connectivity index (χ3v) is 3.37. The smallest absolute Gasteiger partial charge is 0.257 e. The van der Waals surface area contributed by atoms with Gasteiger partial charge in [-0.1, -0.05) is 19.1 Å². The summed E-state index contributed by atoms with van der Waals surface area (Å²) in [7, 11) is 0. The van der Waals surface area contributed by atoms with Crippen molar-refractivity contribution in [2.24, 2.45) is 16.8 Å². The van der Waals surface area contributed by atoms with Gasteiger partial charge in [0.1, 0.15) is 5.75 Å². The van der Waals surface area contributed by atoms with Crippen LogP contribution in [-0.4, -0.2) is 37.7 Å². The Morgan fingerprint density at radius 1 is 1.41 bits per heavy atom. The summed E-state index contributed by atoms with van der Waals surface area (Å²) >= 11 is 0. The second-order valence-corrected chi connectivity index (χ2v) is 5.09. The van der Waals surface area contributed by atoms with Gasteiger partial charge in [-0.25, -0.2) is 5.43 Å². The van der Waals surface area contributed by atoms with Crippen LogP contribution in [0.25, 0.3) is 0 Å². The molecule has 0 saturated heterocycles. The number of hydrazone groups is 1. The molecule has 4 N–H and O–H groups in total. The van der Waals surface area contributed by atoms with Crippen LogP contribution in [0.4, 0.5) is 0 Å². The van der Waals surface area contributed by atoms with E-state index < -0.39 is 0 Å². The highest BCUT2D eigenvalue weighted by atomic mass is 16.5. The van der Waals surface area contributed by atoms with Gasteiger partial charge in [-0.05, 0) is 17.7 Å². The van der Waals surface area contributed by atoms with Gasteiger partial charge in [0, 0.05) is 25.2 Å². The van der Waals surface area contributed by atoms with E-state index in [0.29, 0.717) is 18.8 Å². The average molecular weight is 304 g/mol. The van der Waals surface area contributed by atoms with Gasteiger partial charge >= 0.3 is 0 Å².